The average Bonchev–Trinajstić information content (AvgIpc) is 2.93. The molecule has 0 saturated carbocycles. The van der Waals surface area contributed by atoms with Crippen molar-refractivity contribution >= 4 is 23.0 Å². The third-order valence-corrected chi connectivity index (χ3v) is 3.46. The van der Waals surface area contributed by atoms with Gasteiger partial charge >= 0.3 is 0 Å². The number of methoxy groups -OCH3 is 1. The van der Waals surface area contributed by atoms with Crippen LogP contribution < -0.4 is 15.4 Å². The number of para-hydroxylation sites is 2. The summed E-state index contributed by atoms with van der Waals surface area (Å²) in [4.78, 5) is 0. The number of nitrogens with one attached hydrogen (secondary N) is 2. The van der Waals surface area contributed by atoms with E-state index in [4.69, 9.17) is 21.7 Å². The summed E-state index contributed by atoms with van der Waals surface area (Å²) in [5.41, 5.74) is 0.863. The van der Waals surface area contributed by atoms with Gasteiger partial charge in [-0.25, -0.2) is 0 Å². The van der Waals surface area contributed by atoms with Crippen LogP contribution in [0.4, 0.5) is 5.69 Å². The van der Waals surface area contributed by atoms with Crippen molar-refractivity contribution in [2.24, 2.45) is 0 Å². The zero-order valence-corrected chi connectivity index (χ0v) is 12.1. The highest BCUT2D eigenvalue weighted by molar-refractivity contribution is 7.80. The Labute approximate surface area is 119 Å². The predicted octanol–water partition coefficient (Wildman–Crippen LogP) is 2.55. The fourth-order valence-corrected chi connectivity index (χ4v) is 2.50. The van der Waals surface area contributed by atoms with E-state index in [0.29, 0.717) is 5.11 Å². The van der Waals surface area contributed by atoms with Gasteiger partial charge in [-0.05, 0) is 44.1 Å². The molecule has 1 heterocycles. The Balaban J connectivity index is 1.89. The van der Waals surface area contributed by atoms with Gasteiger partial charge in [-0.15, -0.1) is 0 Å². The van der Waals surface area contributed by atoms with Gasteiger partial charge in [0.15, 0.2) is 5.11 Å². The van der Waals surface area contributed by atoms with E-state index < -0.39 is 0 Å². The molecule has 19 heavy (non-hydrogen) atoms. The molecule has 0 unspecified atom stereocenters. The van der Waals surface area contributed by atoms with Gasteiger partial charge in [-0.2, -0.15) is 0 Å². The molecular formula is C14H20N2O2S. The highest BCUT2D eigenvalue weighted by Gasteiger charge is 2.22. The van der Waals surface area contributed by atoms with Crippen LogP contribution in [0.3, 0.4) is 0 Å². The summed E-state index contributed by atoms with van der Waals surface area (Å²) in [6, 6.07) is 7.90. The molecule has 104 valence electrons. The highest BCUT2D eigenvalue weighted by Crippen LogP contribution is 2.23. The third-order valence-electron chi connectivity index (χ3n) is 3.24. The van der Waals surface area contributed by atoms with Crippen molar-refractivity contribution in [3.63, 3.8) is 0 Å². The first-order valence-corrected chi connectivity index (χ1v) is 6.93. The molecule has 2 rings (SSSR count). The first-order chi connectivity index (χ1) is 9.20. The number of rotatable bonds is 4. The summed E-state index contributed by atoms with van der Waals surface area (Å²) in [6.07, 6.45) is 2.46. The van der Waals surface area contributed by atoms with Crippen molar-refractivity contribution in [1.82, 2.24) is 5.32 Å². The summed E-state index contributed by atoms with van der Waals surface area (Å²) in [7, 11) is 1.64. The Kier molecular flexibility index (Phi) is 4.99. The second kappa shape index (κ2) is 6.73. The van der Waals surface area contributed by atoms with Crippen LogP contribution in [0.15, 0.2) is 24.3 Å². The predicted molar refractivity (Wildman–Crippen MR) is 80.8 cm³/mol. The summed E-state index contributed by atoms with van der Waals surface area (Å²) in [5.74, 6) is 0.774. The van der Waals surface area contributed by atoms with Gasteiger partial charge in [-0.3, -0.25) is 0 Å². The van der Waals surface area contributed by atoms with Crippen LogP contribution in [-0.2, 0) is 4.74 Å². The standard InChI is InChI=1S/C14H20N2O2S/c1-10(12-8-5-9-18-12)15-14(19)16-11-6-3-4-7-13(11)17-2/h3-4,6-7,10,12H,5,8-9H2,1-2H3,(H2,15,16,19)/t10-,12-/m0/s1. The largest absolute Gasteiger partial charge is 0.495 e. The highest BCUT2D eigenvalue weighted by atomic mass is 32.1. The van der Waals surface area contributed by atoms with Crippen LogP contribution in [0.25, 0.3) is 0 Å². The van der Waals surface area contributed by atoms with Crippen LogP contribution in [0, 0.1) is 0 Å². The molecular weight excluding hydrogens is 260 g/mol. The average molecular weight is 280 g/mol. The van der Waals surface area contributed by atoms with E-state index in [1.165, 1.54) is 0 Å². The molecule has 4 nitrogen and oxygen atoms in total. The van der Waals surface area contributed by atoms with Crippen LogP contribution in [0.1, 0.15) is 19.8 Å². The van der Waals surface area contributed by atoms with Crippen LogP contribution in [-0.4, -0.2) is 31.0 Å². The van der Waals surface area contributed by atoms with Gasteiger partial charge < -0.3 is 20.1 Å². The van der Waals surface area contributed by atoms with Crippen molar-refractivity contribution in [2.75, 3.05) is 19.0 Å². The lowest BCUT2D eigenvalue weighted by atomic mass is 10.1. The monoisotopic (exact) mass is 280 g/mol. The van der Waals surface area contributed by atoms with Crippen LogP contribution >= 0.6 is 12.2 Å². The first-order valence-electron chi connectivity index (χ1n) is 6.53. The molecule has 1 aliphatic heterocycles. The summed E-state index contributed by atoms with van der Waals surface area (Å²) in [5, 5.41) is 7.01. The van der Waals surface area contributed by atoms with Crippen LogP contribution in [0.5, 0.6) is 5.75 Å². The summed E-state index contributed by atoms with van der Waals surface area (Å²) >= 11 is 5.32. The number of hydrogen-bond acceptors (Lipinski definition) is 3. The lowest BCUT2D eigenvalue weighted by molar-refractivity contribution is 0.0895. The number of benzene rings is 1. The van der Waals surface area contributed by atoms with E-state index in [-0.39, 0.29) is 12.1 Å². The normalized spacial score (nSPS) is 19.8. The van der Waals surface area contributed by atoms with Gasteiger partial charge in [-0.1, -0.05) is 12.1 Å². The first kappa shape index (κ1) is 14.1. The van der Waals surface area contributed by atoms with E-state index in [2.05, 4.69) is 17.6 Å². The Morgan fingerprint density at radius 1 is 1.47 bits per heavy atom. The number of thiocarbonyl (C=S) groups is 1. The smallest absolute Gasteiger partial charge is 0.171 e. The topological polar surface area (TPSA) is 42.5 Å². The van der Waals surface area contributed by atoms with E-state index in [9.17, 15) is 0 Å². The SMILES string of the molecule is COc1ccccc1NC(=S)N[C@@H](C)[C@@H]1CCCO1. The molecule has 0 radical (unpaired) electrons. The second-order valence-corrected chi connectivity index (χ2v) is 5.05. The molecule has 2 N–H and O–H groups in total. The van der Waals surface area contributed by atoms with E-state index in [1.807, 2.05) is 24.3 Å². The Bertz CT molecular complexity index is 433. The van der Waals surface area contributed by atoms with Crippen LogP contribution in [0.2, 0.25) is 0 Å². The molecule has 0 aliphatic carbocycles. The quantitative estimate of drug-likeness (QED) is 0.830. The molecule has 0 amide bonds. The van der Waals surface area contributed by atoms with Crippen molar-refractivity contribution in [3.05, 3.63) is 24.3 Å². The van der Waals surface area contributed by atoms with E-state index in [1.54, 1.807) is 7.11 Å². The molecule has 1 aliphatic rings. The molecule has 0 spiro atoms. The fraction of sp³-hybridized carbons (Fsp3) is 0.500. The molecule has 1 fully saturated rings. The maximum Gasteiger partial charge on any atom is 0.171 e. The van der Waals surface area contributed by atoms with Gasteiger partial charge in [0.25, 0.3) is 0 Å². The number of hydrogen-bond donors (Lipinski definition) is 2. The molecule has 0 aromatic heterocycles. The Morgan fingerprint density at radius 2 is 2.26 bits per heavy atom. The van der Waals surface area contributed by atoms with Crippen molar-refractivity contribution in [1.29, 1.82) is 0 Å². The van der Waals surface area contributed by atoms with Crippen molar-refractivity contribution in [2.45, 2.75) is 31.9 Å². The number of ether oxygens (including phenoxy) is 2. The molecule has 1 aromatic carbocycles. The maximum absolute atomic E-state index is 5.64. The zero-order chi connectivity index (χ0) is 13.7. The fourth-order valence-electron chi connectivity index (χ4n) is 2.20. The lowest BCUT2D eigenvalue weighted by Crippen LogP contribution is -2.42. The minimum Gasteiger partial charge on any atom is -0.495 e. The number of anilines is 1. The van der Waals surface area contributed by atoms with Gasteiger partial charge in [0.05, 0.1) is 24.9 Å². The molecule has 2 atom stereocenters. The minimum atomic E-state index is 0.206. The molecule has 1 saturated heterocycles. The summed E-state index contributed by atoms with van der Waals surface area (Å²) < 4.78 is 10.9. The maximum atomic E-state index is 5.64. The van der Waals surface area contributed by atoms with E-state index in [0.717, 1.165) is 30.9 Å². The third kappa shape index (κ3) is 3.81. The minimum absolute atomic E-state index is 0.206. The molecule has 5 heteroatoms. The second-order valence-electron chi connectivity index (χ2n) is 4.64. The van der Waals surface area contributed by atoms with Gasteiger partial charge in [0, 0.05) is 6.61 Å². The Morgan fingerprint density at radius 3 is 2.95 bits per heavy atom. The van der Waals surface area contributed by atoms with Crippen molar-refractivity contribution in [3.8, 4) is 5.75 Å². The lowest BCUT2D eigenvalue weighted by Gasteiger charge is -2.22. The molecule has 1 aromatic rings. The summed E-state index contributed by atoms with van der Waals surface area (Å²) in [6.45, 7) is 2.94. The molecule has 0 bridgehead atoms. The van der Waals surface area contributed by atoms with Crippen molar-refractivity contribution < 1.29 is 9.47 Å². The Hall–Kier alpha value is -1.33. The van der Waals surface area contributed by atoms with Gasteiger partial charge in [0.2, 0.25) is 0 Å². The zero-order valence-electron chi connectivity index (χ0n) is 11.3. The van der Waals surface area contributed by atoms with E-state index >= 15 is 0 Å². The van der Waals surface area contributed by atoms with Gasteiger partial charge in [0.1, 0.15) is 5.75 Å².